The smallest absolute Gasteiger partial charge is 0.102 e. The molecule has 0 N–H and O–H groups in total. The van der Waals surface area contributed by atoms with Crippen LogP contribution in [0.5, 0.6) is 0 Å². The van der Waals surface area contributed by atoms with Crippen molar-refractivity contribution in [3.05, 3.63) is 114 Å². The van der Waals surface area contributed by atoms with Gasteiger partial charge in [-0.05, 0) is 99.3 Å². The number of aromatic nitrogens is 2. The Bertz CT molecular complexity index is 2570. The molecule has 1 saturated heterocycles. The molecule has 1 aliphatic carbocycles. The lowest BCUT2D eigenvalue weighted by atomic mass is 9.78. The standard InChI is InChI=1S/C42H30N4/c43-24-35-37(46-20-2-1-3-21-46)23-33(30-15-13-27-10-9-25-6-4-7-26-14-16-31(30)39(27)38(25)26)32-17-18-36-34(40(32)35)22-29-12-11-28-8-5-19-44-41(28)42(29)45-36/h4-16,19,22-23H,1-3,17-18,20-21H2. The van der Waals surface area contributed by atoms with Gasteiger partial charge in [0.25, 0.3) is 0 Å². The van der Waals surface area contributed by atoms with Gasteiger partial charge >= 0.3 is 0 Å². The van der Waals surface area contributed by atoms with Crippen LogP contribution in [0.2, 0.25) is 0 Å². The lowest BCUT2D eigenvalue weighted by Crippen LogP contribution is -2.30. The summed E-state index contributed by atoms with van der Waals surface area (Å²) in [4.78, 5) is 12.5. The molecule has 6 aromatic carbocycles. The third-order valence-electron chi connectivity index (χ3n) is 10.6. The van der Waals surface area contributed by atoms with Crippen LogP contribution in [0.4, 0.5) is 5.69 Å². The number of pyridine rings is 2. The van der Waals surface area contributed by atoms with Gasteiger partial charge in [0.15, 0.2) is 0 Å². The highest BCUT2D eigenvalue weighted by Gasteiger charge is 2.30. The maximum absolute atomic E-state index is 10.9. The van der Waals surface area contributed by atoms with E-state index in [4.69, 9.17) is 9.97 Å². The highest BCUT2D eigenvalue weighted by molar-refractivity contribution is 6.25. The van der Waals surface area contributed by atoms with Crippen LogP contribution < -0.4 is 4.90 Å². The molecule has 2 aromatic heterocycles. The Labute approximate surface area is 266 Å². The summed E-state index contributed by atoms with van der Waals surface area (Å²) in [5.74, 6) is 0. The third kappa shape index (κ3) is 3.60. The molecule has 0 radical (unpaired) electrons. The molecule has 4 heteroatoms. The molecule has 4 nitrogen and oxygen atoms in total. The topological polar surface area (TPSA) is 52.8 Å². The highest BCUT2D eigenvalue weighted by Crippen LogP contribution is 2.48. The van der Waals surface area contributed by atoms with Crippen LogP contribution in [-0.4, -0.2) is 23.1 Å². The summed E-state index contributed by atoms with van der Waals surface area (Å²) in [6, 6.07) is 36.0. The molecule has 0 saturated carbocycles. The van der Waals surface area contributed by atoms with Crippen molar-refractivity contribution >= 4 is 59.8 Å². The molecule has 1 fully saturated rings. The second kappa shape index (κ2) is 9.73. The first-order valence-electron chi connectivity index (χ1n) is 16.5. The Morgan fingerprint density at radius 1 is 0.630 bits per heavy atom. The van der Waals surface area contributed by atoms with Gasteiger partial charge in [-0.25, -0.2) is 4.98 Å². The monoisotopic (exact) mass is 590 g/mol. The van der Waals surface area contributed by atoms with Gasteiger partial charge in [-0.2, -0.15) is 5.26 Å². The van der Waals surface area contributed by atoms with Crippen LogP contribution in [0.25, 0.3) is 76.4 Å². The van der Waals surface area contributed by atoms with Crippen LogP contribution in [0.15, 0.2) is 97.2 Å². The van der Waals surface area contributed by atoms with E-state index in [0.29, 0.717) is 0 Å². The Hall–Kier alpha value is -5.53. The summed E-state index contributed by atoms with van der Waals surface area (Å²) in [6.07, 6.45) is 7.06. The fraction of sp³-hybridized carbons (Fsp3) is 0.167. The normalized spacial score (nSPS) is 14.7. The fourth-order valence-electron chi connectivity index (χ4n) is 8.44. The number of anilines is 1. The number of fused-ring (bicyclic) bond motifs is 6. The predicted molar refractivity (Wildman–Crippen MR) is 190 cm³/mol. The average molecular weight is 591 g/mol. The maximum atomic E-state index is 10.9. The predicted octanol–water partition coefficient (Wildman–Crippen LogP) is 9.97. The van der Waals surface area contributed by atoms with Gasteiger partial charge in [0.1, 0.15) is 6.07 Å². The van der Waals surface area contributed by atoms with E-state index >= 15 is 0 Å². The zero-order chi connectivity index (χ0) is 30.4. The number of aryl methyl sites for hydroxylation is 1. The lowest BCUT2D eigenvalue weighted by molar-refractivity contribution is 0.577. The van der Waals surface area contributed by atoms with E-state index in [2.05, 4.69) is 95.9 Å². The zero-order valence-electron chi connectivity index (χ0n) is 25.5. The van der Waals surface area contributed by atoms with Crippen molar-refractivity contribution in [1.29, 1.82) is 5.26 Å². The Morgan fingerprint density at radius 2 is 1.37 bits per heavy atom. The second-order valence-corrected chi connectivity index (χ2v) is 13.0. The number of nitriles is 1. The van der Waals surface area contributed by atoms with E-state index in [1.165, 1.54) is 55.4 Å². The van der Waals surface area contributed by atoms with E-state index in [-0.39, 0.29) is 0 Å². The van der Waals surface area contributed by atoms with E-state index < -0.39 is 0 Å². The molecule has 8 aromatic rings. The summed E-state index contributed by atoms with van der Waals surface area (Å²) in [5, 5.41) is 20.8. The first-order chi connectivity index (χ1) is 22.8. The number of hydrogen-bond acceptors (Lipinski definition) is 4. The zero-order valence-corrected chi connectivity index (χ0v) is 25.5. The van der Waals surface area contributed by atoms with E-state index in [0.717, 1.165) is 88.7 Å². The quantitative estimate of drug-likeness (QED) is 0.188. The molecule has 0 atom stereocenters. The molecular formula is C42H30N4. The van der Waals surface area contributed by atoms with E-state index in [1.807, 2.05) is 12.3 Å². The SMILES string of the molecule is N#Cc1c(N2CCCCC2)cc(-c2ccc3ccc4cccc5ccc2c3c45)c2c1-c1cc3ccc4cccnc4c3nc1CC2. The minimum Gasteiger partial charge on any atom is -0.370 e. The van der Waals surface area contributed by atoms with Crippen LogP contribution in [0, 0.1) is 11.3 Å². The van der Waals surface area contributed by atoms with Gasteiger partial charge in [0, 0.05) is 46.9 Å². The van der Waals surface area contributed by atoms with Gasteiger partial charge < -0.3 is 4.90 Å². The number of benzene rings is 6. The summed E-state index contributed by atoms with van der Waals surface area (Å²) < 4.78 is 0. The van der Waals surface area contributed by atoms with Crippen molar-refractivity contribution in [2.45, 2.75) is 32.1 Å². The Morgan fingerprint density at radius 3 is 2.22 bits per heavy atom. The molecule has 0 unspecified atom stereocenters. The van der Waals surface area contributed by atoms with Crippen molar-refractivity contribution in [3.63, 3.8) is 0 Å². The number of nitrogens with zero attached hydrogens (tertiary/aromatic N) is 4. The Balaban J connectivity index is 1.30. The van der Waals surface area contributed by atoms with Gasteiger partial charge in [-0.15, -0.1) is 0 Å². The minimum absolute atomic E-state index is 0.791. The molecular weight excluding hydrogens is 560 g/mol. The lowest BCUT2D eigenvalue weighted by Gasteiger charge is -2.33. The molecule has 3 heterocycles. The van der Waals surface area contributed by atoms with Crippen LogP contribution in [0.3, 0.4) is 0 Å². The molecule has 0 bridgehead atoms. The van der Waals surface area contributed by atoms with Gasteiger partial charge in [-0.3, -0.25) is 4.98 Å². The molecule has 0 spiro atoms. The summed E-state index contributed by atoms with van der Waals surface area (Å²) in [7, 11) is 0. The van der Waals surface area contributed by atoms with Gasteiger partial charge in [0.2, 0.25) is 0 Å². The summed E-state index contributed by atoms with van der Waals surface area (Å²) in [6.45, 7) is 1.96. The molecule has 2 aliphatic rings. The van der Waals surface area contributed by atoms with Crippen molar-refractivity contribution in [2.24, 2.45) is 0 Å². The summed E-state index contributed by atoms with van der Waals surface area (Å²) >= 11 is 0. The minimum atomic E-state index is 0.791. The molecule has 10 rings (SSSR count). The summed E-state index contributed by atoms with van der Waals surface area (Å²) in [5.41, 5.74) is 10.7. The van der Waals surface area contributed by atoms with Gasteiger partial charge in [-0.1, -0.05) is 72.8 Å². The van der Waals surface area contributed by atoms with Crippen LogP contribution in [-0.2, 0) is 12.8 Å². The number of piperidine rings is 1. The van der Waals surface area contributed by atoms with E-state index in [9.17, 15) is 5.26 Å². The fourth-order valence-corrected chi connectivity index (χ4v) is 8.44. The first kappa shape index (κ1) is 25.8. The first-order valence-corrected chi connectivity index (χ1v) is 16.5. The molecule has 0 amide bonds. The van der Waals surface area contributed by atoms with Crippen LogP contribution >= 0.6 is 0 Å². The van der Waals surface area contributed by atoms with Crippen molar-refractivity contribution in [1.82, 2.24) is 9.97 Å². The molecule has 1 aliphatic heterocycles. The third-order valence-corrected chi connectivity index (χ3v) is 10.6. The molecule has 218 valence electrons. The largest absolute Gasteiger partial charge is 0.370 e. The molecule has 46 heavy (non-hydrogen) atoms. The highest BCUT2D eigenvalue weighted by atomic mass is 15.1. The van der Waals surface area contributed by atoms with Crippen molar-refractivity contribution < 1.29 is 0 Å². The number of rotatable bonds is 2. The number of hydrogen-bond donors (Lipinski definition) is 0. The van der Waals surface area contributed by atoms with Crippen molar-refractivity contribution in [2.75, 3.05) is 18.0 Å². The maximum Gasteiger partial charge on any atom is 0.102 e. The van der Waals surface area contributed by atoms with Crippen molar-refractivity contribution in [3.8, 4) is 28.3 Å². The average Bonchev–Trinajstić information content (AvgIpc) is 3.12. The second-order valence-electron chi connectivity index (χ2n) is 13.0. The Kier molecular flexibility index (Phi) is 5.45. The van der Waals surface area contributed by atoms with E-state index in [1.54, 1.807) is 0 Å². The van der Waals surface area contributed by atoms with Gasteiger partial charge in [0.05, 0.1) is 22.3 Å². The van der Waals surface area contributed by atoms with Crippen LogP contribution in [0.1, 0.15) is 36.1 Å².